The predicted octanol–water partition coefficient (Wildman–Crippen LogP) is 2.08. The van der Waals surface area contributed by atoms with Crippen LogP contribution in [0.1, 0.15) is 18.5 Å². The summed E-state index contributed by atoms with van der Waals surface area (Å²) in [6, 6.07) is 7.45. The van der Waals surface area contributed by atoms with Crippen molar-refractivity contribution in [2.75, 3.05) is 20.1 Å². The lowest BCUT2D eigenvalue weighted by Gasteiger charge is -2.26. The molecule has 18 heavy (non-hydrogen) atoms. The Bertz CT molecular complexity index is 453. The fourth-order valence-electron chi connectivity index (χ4n) is 1.60. The minimum atomic E-state index is -0.0705. The van der Waals surface area contributed by atoms with Crippen LogP contribution in [0.4, 0.5) is 0 Å². The second kappa shape index (κ2) is 7.05. The smallest absolute Gasteiger partial charge is 0.236 e. The zero-order valence-corrected chi connectivity index (χ0v) is 11.4. The van der Waals surface area contributed by atoms with Crippen molar-refractivity contribution >= 4 is 17.5 Å². The average Bonchev–Trinajstić information content (AvgIpc) is 2.38. The van der Waals surface area contributed by atoms with Crippen LogP contribution < -0.4 is 5.32 Å². The van der Waals surface area contributed by atoms with E-state index in [0.29, 0.717) is 11.6 Å². The molecule has 0 heterocycles. The number of terminal acetylenes is 1. The van der Waals surface area contributed by atoms with Crippen molar-refractivity contribution in [1.82, 2.24) is 10.2 Å². The van der Waals surface area contributed by atoms with Gasteiger partial charge in [-0.15, -0.1) is 6.42 Å². The minimum absolute atomic E-state index is 0.0160. The van der Waals surface area contributed by atoms with E-state index in [1.807, 2.05) is 31.2 Å². The summed E-state index contributed by atoms with van der Waals surface area (Å²) in [6.45, 7) is 2.57. The zero-order valence-electron chi connectivity index (χ0n) is 10.6. The summed E-state index contributed by atoms with van der Waals surface area (Å²) in [7, 11) is 1.76. The van der Waals surface area contributed by atoms with Crippen molar-refractivity contribution in [3.05, 3.63) is 34.9 Å². The van der Waals surface area contributed by atoms with Gasteiger partial charge in [0.25, 0.3) is 0 Å². The third-order valence-electron chi connectivity index (χ3n) is 2.83. The van der Waals surface area contributed by atoms with Gasteiger partial charge < -0.3 is 4.90 Å². The third kappa shape index (κ3) is 3.76. The second-order valence-corrected chi connectivity index (χ2v) is 4.42. The largest absolute Gasteiger partial charge is 0.338 e. The zero-order chi connectivity index (χ0) is 13.5. The van der Waals surface area contributed by atoms with Crippen molar-refractivity contribution in [3.8, 4) is 12.3 Å². The first-order valence-corrected chi connectivity index (χ1v) is 6.10. The number of nitrogens with zero attached hydrogens (tertiary/aromatic N) is 1. The summed E-state index contributed by atoms with van der Waals surface area (Å²) in [5, 5.41) is 3.54. The van der Waals surface area contributed by atoms with Crippen LogP contribution in [-0.4, -0.2) is 30.9 Å². The molecule has 0 aliphatic rings. The highest BCUT2D eigenvalue weighted by atomic mass is 35.5. The minimum Gasteiger partial charge on any atom is -0.338 e. The van der Waals surface area contributed by atoms with E-state index in [4.69, 9.17) is 18.0 Å². The summed E-state index contributed by atoms with van der Waals surface area (Å²) in [6.07, 6.45) is 5.11. The molecule has 0 saturated heterocycles. The molecule has 1 aromatic rings. The van der Waals surface area contributed by atoms with Gasteiger partial charge in [-0.25, -0.2) is 0 Å². The van der Waals surface area contributed by atoms with E-state index in [2.05, 4.69) is 11.2 Å². The molecular weight excluding hydrogens is 248 g/mol. The van der Waals surface area contributed by atoms with Crippen molar-refractivity contribution in [3.63, 3.8) is 0 Å². The van der Waals surface area contributed by atoms with Crippen LogP contribution in [-0.2, 0) is 4.79 Å². The first-order valence-electron chi connectivity index (χ1n) is 5.72. The summed E-state index contributed by atoms with van der Waals surface area (Å²) in [5.41, 5.74) is 0.937. The van der Waals surface area contributed by atoms with Crippen molar-refractivity contribution in [2.45, 2.75) is 13.0 Å². The molecule has 0 aromatic heterocycles. The molecule has 0 bridgehead atoms. The number of rotatable bonds is 5. The molecule has 1 aromatic carbocycles. The van der Waals surface area contributed by atoms with E-state index >= 15 is 0 Å². The van der Waals surface area contributed by atoms with Crippen LogP contribution in [0.2, 0.25) is 5.02 Å². The van der Waals surface area contributed by atoms with E-state index in [9.17, 15) is 4.79 Å². The Morgan fingerprint density at radius 2 is 2.22 bits per heavy atom. The number of nitrogens with one attached hydrogen (secondary N) is 1. The maximum atomic E-state index is 11.9. The Morgan fingerprint density at radius 1 is 1.56 bits per heavy atom. The van der Waals surface area contributed by atoms with Crippen molar-refractivity contribution in [2.24, 2.45) is 0 Å². The van der Waals surface area contributed by atoms with Crippen LogP contribution in [0, 0.1) is 12.3 Å². The van der Waals surface area contributed by atoms with Gasteiger partial charge in [0, 0.05) is 12.1 Å². The highest BCUT2D eigenvalue weighted by Crippen LogP contribution is 2.25. The molecular formula is C14H17ClN2O. The molecule has 0 radical (unpaired) electrons. The number of hydrogen-bond acceptors (Lipinski definition) is 2. The van der Waals surface area contributed by atoms with Crippen molar-refractivity contribution in [1.29, 1.82) is 0 Å². The quantitative estimate of drug-likeness (QED) is 0.652. The third-order valence-corrected chi connectivity index (χ3v) is 3.18. The van der Waals surface area contributed by atoms with Crippen LogP contribution in [0.25, 0.3) is 0 Å². The SMILES string of the molecule is C#CCNCC(=O)N(C)C(C)c1ccccc1Cl. The first-order chi connectivity index (χ1) is 8.57. The Morgan fingerprint density at radius 3 is 2.83 bits per heavy atom. The first kappa shape index (κ1) is 14.6. The van der Waals surface area contributed by atoms with Crippen LogP contribution in [0.3, 0.4) is 0 Å². The lowest BCUT2D eigenvalue weighted by atomic mass is 10.1. The Labute approximate surface area is 113 Å². The monoisotopic (exact) mass is 264 g/mol. The molecule has 0 spiro atoms. The molecule has 0 fully saturated rings. The van der Waals surface area contributed by atoms with Gasteiger partial charge in [-0.1, -0.05) is 35.7 Å². The van der Waals surface area contributed by atoms with Gasteiger partial charge in [0.1, 0.15) is 0 Å². The predicted molar refractivity (Wildman–Crippen MR) is 74.3 cm³/mol. The average molecular weight is 265 g/mol. The molecule has 1 N–H and O–H groups in total. The number of amides is 1. The molecule has 0 saturated carbocycles. The maximum Gasteiger partial charge on any atom is 0.236 e. The van der Waals surface area contributed by atoms with E-state index in [1.54, 1.807) is 11.9 Å². The van der Waals surface area contributed by atoms with Crippen LogP contribution in [0.5, 0.6) is 0 Å². The fraction of sp³-hybridized carbons (Fsp3) is 0.357. The highest BCUT2D eigenvalue weighted by Gasteiger charge is 2.18. The number of benzene rings is 1. The molecule has 1 amide bonds. The number of halogens is 1. The Hall–Kier alpha value is -1.50. The Balaban J connectivity index is 2.67. The lowest BCUT2D eigenvalue weighted by Crippen LogP contribution is -2.37. The van der Waals surface area contributed by atoms with Crippen LogP contribution >= 0.6 is 11.6 Å². The van der Waals surface area contributed by atoms with Gasteiger partial charge in [0.05, 0.1) is 19.1 Å². The van der Waals surface area contributed by atoms with Gasteiger partial charge in [-0.2, -0.15) is 0 Å². The number of hydrogen-bond donors (Lipinski definition) is 1. The highest BCUT2D eigenvalue weighted by molar-refractivity contribution is 6.31. The van der Waals surface area contributed by atoms with Crippen LogP contribution in [0.15, 0.2) is 24.3 Å². The topological polar surface area (TPSA) is 32.3 Å². The summed E-state index contributed by atoms with van der Waals surface area (Å²) < 4.78 is 0. The van der Waals surface area contributed by atoms with E-state index < -0.39 is 0 Å². The molecule has 1 unspecified atom stereocenters. The summed E-state index contributed by atoms with van der Waals surface area (Å²) in [4.78, 5) is 13.6. The van der Waals surface area contributed by atoms with Gasteiger partial charge in [-0.3, -0.25) is 10.1 Å². The molecule has 96 valence electrons. The molecule has 0 aliphatic heterocycles. The van der Waals surface area contributed by atoms with E-state index in [-0.39, 0.29) is 18.5 Å². The number of likely N-dealkylation sites (N-methyl/N-ethyl adjacent to an activating group) is 1. The van der Waals surface area contributed by atoms with Crippen molar-refractivity contribution < 1.29 is 4.79 Å². The maximum absolute atomic E-state index is 11.9. The molecule has 1 rings (SSSR count). The standard InChI is InChI=1S/C14H17ClN2O/c1-4-9-16-10-14(18)17(3)11(2)12-7-5-6-8-13(12)15/h1,5-8,11,16H,9-10H2,2-3H3. The van der Waals surface area contributed by atoms with Gasteiger partial charge in [0.2, 0.25) is 5.91 Å². The molecule has 0 aliphatic carbocycles. The Kier molecular flexibility index (Phi) is 5.70. The number of carbonyl (C=O) groups is 1. The molecule has 4 heteroatoms. The van der Waals surface area contributed by atoms with Gasteiger partial charge >= 0.3 is 0 Å². The molecule has 3 nitrogen and oxygen atoms in total. The lowest BCUT2D eigenvalue weighted by molar-refractivity contribution is -0.130. The second-order valence-electron chi connectivity index (χ2n) is 4.01. The summed E-state index contributed by atoms with van der Waals surface area (Å²) >= 11 is 6.11. The van der Waals surface area contributed by atoms with E-state index in [1.165, 1.54) is 0 Å². The molecule has 1 atom stereocenters. The van der Waals surface area contributed by atoms with E-state index in [0.717, 1.165) is 5.56 Å². The van der Waals surface area contributed by atoms with Gasteiger partial charge in [-0.05, 0) is 18.6 Å². The van der Waals surface area contributed by atoms with Gasteiger partial charge in [0.15, 0.2) is 0 Å². The fourth-order valence-corrected chi connectivity index (χ4v) is 1.90. The summed E-state index contributed by atoms with van der Waals surface area (Å²) in [5.74, 6) is 2.41. The number of carbonyl (C=O) groups excluding carboxylic acids is 1. The normalized spacial score (nSPS) is 11.7.